The van der Waals surface area contributed by atoms with Gasteiger partial charge in [0.15, 0.2) is 10.9 Å². The molecule has 4 heterocycles. The van der Waals surface area contributed by atoms with Gasteiger partial charge in [-0.25, -0.2) is 4.98 Å². The molecular formula is C20H23N5OS. The van der Waals surface area contributed by atoms with Gasteiger partial charge in [-0.15, -0.1) is 10.2 Å². The molecule has 0 saturated carbocycles. The van der Waals surface area contributed by atoms with E-state index in [2.05, 4.69) is 19.7 Å². The van der Waals surface area contributed by atoms with Crippen LogP contribution in [0, 0.1) is 13.8 Å². The molecule has 0 aromatic carbocycles. The molecule has 140 valence electrons. The summed E-state index contributed by atoms with van der Waals surface area (Å²) < 4.78 is 4.21. The average Bonchev–Trinajstić information content (AvgIpc) is 3.10. The molecule has 3 aromatic heterocycles. The van der Waals surface area contributed by atoms with Crippen LogP contribution in [0.4, 0.5) is 0 Å². The molecule has 1 aliphatic rings. The molecule has 1 aliphatic heterocycles. The quantitative estimate of drug-likeness (QED) is 0.497. The van der Waals surface area contributed by atoms with Gasteiger partial charge in [0.1, 0.15) is 11.6 Å². The van der Waals surface area contributed by atoms with E-state index in [-0.39, 0.29) is 5.78 Å². The van der Waals surface area contributed by atoms with E-state index >= 15 is 0 Å². The van der Waals surface area contributed by atoms with Gasteiger partial charge in [0.25, 0.3) is 0 Å². The number of aromatic nitrogens is 5. The minimum atomic E-state index is 0.112. The zero-order chi connectivity index (χ0) is 18.8. The van der Waals surface area contributed by atoms with E-state index in [1.54, 1.807) is 6.20 Å². The Labute approximate surface area is 163 Å². The van der Waals surface area contributed by atoms with E-state index in [1.807, 2.05) is 42.7 Å². The second-order valence-corrected chi connectivity index (χ2v) is 7.82. The summed E-state index contributed by atoms with van der Waals surface area (Å²) in [6.45, 7) is 4.93. The number of aryl methyl sites for hydroxylation is 2. The van der Waals surface area contributed by atoms with Crippen LogP contribution in [0.15, 0.2) is 35.6 Å². The van der Waals surface area contributed by atoms with Crippen LogP contribution >= 0.6 is 11.8 Å². The normalized spacial score (nSPS) is 14.0. The molecule has 0 bridgehead atoms. The van der Waals surface area contributed by atoms with Crippen molar-refractivity contribution in [1.82, 2.24) is 24.3 Å². The van der Waals surface area contributed by atoms with Crippen molar-refractivity contribution in [2.24, 2.45) is 0 Å². The first kappa shape index (κ1) is 18.0. The largest absolute Gasteiger partial charge is 0.306 e. The molecule has 0 unspecified atom stereocenters. The standard InChI is InChI=1S/C20H23N5OS/c1-14-12-16(15(2)25(14)18-8-5-6-10-21-18)17(26)13-27-20-23-22-19-9-4-3-7-11-24(19)20/h5-6,8,10,12H,3-4,7,9,11,13H2,1-2H3. The fraction of sp³-hybridized carbons (Fsp3) is 0.400. The van der Waals surface area contributed by atoms with Crippen LogP contribution in [0.5, 0.6) is 0 Å². The Morgan fingerprint density at radius 3 is 2.89 bits per heavy atom. The molecule has 0 radical (unpaired) electrons. The molecule has 0 atom stereocenters. The summed E-state index contributed by atoms with van der Waals surface area (Å²) in [4.78, 5) is 17.3. The Bertz CT molecular complexity index is 960. The second-order valence-electron chi connectivity index (χ2n) is 6.88. The van der Waals surface area contributed by atoms with Gasteiger partial charge in [-0.1, -0.05) is 24.2 Å². The summed E-state index contributed by atoms with van der Waals surface area (Å²) in [6.07, 6.45) is 6.29. The summed E-state index contributed by atoms with van der Waals surface area (Å²) >= 11 is 1.49. The first-order chi connectivity index (χ1) is 13.1. The number of carbonyl (C=O) groups is 1. The van der Waals surface area contributed by atoms with Crippen molar-refractivity contribution in [1.29, 1.82) is 0 Å². The van der Waals surface area contributed by atoms with Crippen LogP contribution in [0.1, 0.15) is 46.8 Å². The van der Waals surface area contributed by atoms with Crippen LogP contribution in [0.25, 0.3) is 5.82 Å². The van der Waals surface area contributed by atoms with E-state index in [9.17, 15) is 4.79 Å². The summed E-state index contributed by atoms with van der Waals surface area (Å²) in [7, 11) is 0. The molecule has 0 amide bonds. The van der Waals surface area contributed by atoms with Gasteiger partial charge in [-0.2, -0.15) is 0 Å². The van der Waals surface area contributed by atoms with Crippen molar-refractivity contribution in [3.63, 3.8) is 0 Å². The van der Waals surface area contributed by atoms with Crippen LogP contribution in [-0.2, 0) is 13.0 Å². The SMILES string of the molecule is Cc1cc(C(=O)CSc2nnc3n2CCCCC3)c(C)n1-c1ccccn1. The Balaban J connectivity index is 1.52. The molecule has 4 rings (SSSR count). The van der Waals surface area contributed by atoms with E-state index in [0.717, 1.165) is 53.1 Å². The average molecular weight is 382 g/mol. The van der Waals surface area contributed by atoms with E-state index in [1.165, 1.54) is 24.6 Å². The van der Waals surface area contributed by atoms with Crippen molar-refractivity contribution in [3.8, 4) is 5.82 Å². The van der Waals surface area contributed by atoms with Gasteiger partial charge in [-0.05, 0) is 44.9 Å². The van der Waals surface area contributed by atoms with Crippen molar-refractivity contribution in [3.05, 3.63) is 53.2 Å². The summed E-state index contributed by atoms with van der Waals surface area (Å²) in [6, 6.07) is 7.75. The Kier molecular flexibility index (Phi) is 5.11. The van der Waals surface area contributed by atoms with Crippen LogP contribution in [0.3, 0.4) is 0 Å². The van der Waals surface area contributed by atoms with Crippen LogP contribution in [-0.4, -0.2) is 35.9 Å². The third-order valence-corrected chi connectivity index (χ3v) is 5.98. The maximum absolute atomic E-state index is 12.9. The van der Waals surface area contributed by atoms with Crippen LogP contribution < -0.4 is 0 Å². The predicted molar refractivity (Wildman–Crippen MR) is 106 cm³/mol. The highest BCUT2D eigenvalue weighted by Gasteiger charge is 2.20. The van der Waals surface area contributed by atoms with E-state index in [4.69, 9.17) is 0 Å². The number of ketones is 1. The van der Waals surface area contributed by atoms with Crippen molar-refractivity contribution in [2.45, 2.75) is 51.2 Å². The second kappa shape index (κ2) is 7.68. The number of rotatable bonds is 5. The molecule has 0 spiro atoms. The fourth-order valence-electron chi connectivity index (χ4n) is 3.66. The number of pyridine rings is 1. The third-order valence-electron chi connectivity index (χ3n) is 5.02. The molecule has 6 nitrogen and oxygen atoms in total. The molecule has 0 aliphatic carbocycles. The highest BCUT2D eigenvalue weighted by molar-refractivity contribution is 7.99. The molecule has 0 N–H and O–H groups in total. The van der Waals surface area contributed by atoms with Crippen molar-refractivity contribution < 1.29 is 4.79 Å². The smallest absolute Gasteiger partial charge is 0.191 e. The Morgan fingerprint density at radius 1 is 1.19 bits per heavy atom. The Hall–Kier alpha value is -2.41. The highest BCUT2D eigenvalue weighted by Crippen LogP contribution is 2.25. The number of carbonyl (C=O) groups excluding carboxylic acids is 1. The first-order valence-corrected chi connectivity index (χ1v) is 10.3. The van der Waals surface area contributed by atoms with Gasteiger partial charge in [0.2, 0.25) is 0 Å². The summed E-state index contributed by atoms with van der Waals surface area (Å²) in [5.74, 6) is 2.36. The van der Waals surface area contributed by atoms with Crippen molar-refractivity contribution in [2.75, 3.05) is 5.75 Å². The minimum Gasteiger partial charge on any atom is -0.306 e. The van der Waals surface area contributed by atoms with Gasteiger partial charge < -0.3 is 9.13 Å². The molecule has 27 heavy (non-hydrogen) atoms. The molecular weight excluding hydrogens is 358 g/mol. The van der Waals surface area contributed by atoms with E-state index < -0.39 is 0 Å². The number of nitrogens with zero attached hydrogens (tertiary/aromatic N) is 5. The number of fused-ring (bicyclic) bond motifs is 1. The third kappa shape index (κ3) is 3.56. The maximum atomic E-state index is 12.9. The molecule has 0 saturated heterocycles. The predicted octanol–water partition coefficient (Wildman–Crippen LogP) is 3.78. The van der Waals surface area contributed by atoms with Crippen LogP contribution in [0.2, 0.25) is 0 Å². The first-order valence-electron chi connectivity index (χ1n) is 9.33. The van der Waals surface area contributed by atoms with E-state index in [0.29, 0.717) is 5.75 Å². The number of hydrogen-bond donors (Lipinski definition) is 0. The fourth-order valence-corrected chi connectivity index (χ4v) is 4.52. The zero-order valence-electron chi connectivity index (χ0n) is 15.7. The van der Waals surface area contributed by atoms with Gasteiger partial charge in [0.05, 0.1) is 5.75 Å². The van der Waals surface area contributed by atoms with Crippen molar-refractivity contribution >= 4 is 17.5 Å². The summed E-state index contributed by atoms with van der Waals surface area (Å²) in [5.41, 5.74) is 2.69. The van der Waals surface area contributed by atoms with Gasteiger partial charge in [-0.3, -0.25) is 4.79 Å². The zero-order valence-corrected chi connectivity index (χ0v) is 16.5. The minimum absolute atomic E-state index is 0.112. The number of thioether (sulfide) groups is 1. The number of hydrogen-bond acceptors (Lipinski definition) is 5. The highest BCUT2D eigenvalue weighted by atomic mass is 32.2. The lowest BCUT2D eigenvalue weighted by Gasteiger charge is -2.08. The lowest BCUT2D eigenvalue weighted by molar-refractivity contribution is 0.102. The Morgan fingerprint density at radius 2 is 2.07 bits per heavy atom. The number of Topliss-reactive ketones (excluding diaryl/α,β-unsaturated/α-hetero) is 1. The summed E-state index contributed by atoms with van der Waals surface area (Å²) in [5, 5.41) is 9.48. The lowest BCUT2D eigenvalue weighted by atomic mass is 10.2. The van der Waals surface area contributed by atoms with Gasteiger partial charge in [0, 0.05) is 36.1 Å². The topological polar surface area (TPSA) is 65.6 Å². The monoisotopic (exact) mass is 381 g/mol. The lowest BCUT2D eigenvalue weighted by Crippen LogP contribution is -2.08. The molecule has 0 fully saturated rings. The molecule has 3 aromatic rings. The van der Waals surface area contributed by atoms with Gasteiger partial charge >= 0.3 is 0 Å². The maximum Gasteiger partial charge on any atom is 0.191 e. The molecule has 7 heteroatoms.